The van der Waals surface area contributed by atoms with Gasteiger partial charge in [-0.15, -0.1) is 11.3 Å². The molecule has 0 aliphatic rings. The molecule has 0 unspecified atom stereocenters. The molecule has 0 bridgehead atoms. The number of halogens is 1. The molecule has 0 saturated heterocycles. The molecule has 1 N–H and O–H groups in total. The third-order valence-corrected chi connectivity index (χ3v) is 4.23. The standard InChI is InChI=1S/C14H12BrN5OS/c1-8(13-9(2)19-21-20-13)17-18-14-16-12(7-22-14)10-3-5-11(15)6-4-10/h3-7H,1-2H3,(H,16,18)/b17-8+. The summed E-state index contributed by atoms with van der Waals surface area (Å²) in [7, 11) is 0. The Kier molecular flexibility index (Phi) is 4.30. The minimum absolute atomic E-state index is 0.636. The van der Waals surface area contributed by atoms with Gasteiger partial charge in [0, 0.05) is 15.4 Å². The largest absolute Gasteiger partial charge is 0.252 e. The monoisotopic (exact) mass is 377 g/mol. The zero-order valence-electron chi connectivity index (χ0n) is 11.9. The minimum atomic E-state index is 0.636. The molecule has 0 amide bonds. The molecule has 0 atom stereocenters. The van der Waals surface area contributed by atoms with Crippen molar-refractivity contribution >= 4 is 38.1 Å². The number of rotatable bonds is 4. The fourth-order valence-corrected chi connectivity index (χ4v) is 2.75. The number of nitrogens with zero attached hydrogens (tertiary/aromatic N) is 4. The van der Waals surface area contributed by atoms with Gasteiger partial charge in [0.25, 0.3) is 0 Å². The van der Waals surface area contributed by atoms with E-state index in [4.69, 9.17) is 0 Å². The molecule has 2 heterocycles. The SMILES string of the molecule is C/C(=N\Nc1nc(-c2ccc(Br)cc2)cs1)c1nonc1C. The molecule has 3 rings (SSSR count). The number of nitrogens with one attached hydrogen (secondary N) is 1. The van der Waals surface area contributed by atoms with Gasteiger partial charge in [0.05, 0.1) is 11.4 Å². The molecule has 0 aliphatic heterocycles. The van der Waals surface area contributed by atoms with Crippen LogP contribution in [0, 0.1) is 6.92 Å². The van der Waals surface area contributed by atoms with Crippen molar-refractivity contribution in [1.82, 2.24) is 15.3 Å². The number of benzene rings is 1. The van der Waals surface area contributed by atoms with Crippen LogP contribution < -0.4 is 5.43 Å². The Morgan fingerprint density at radius 2 is 2.05 bits per heavy atom. The van der Waals surface area contributed by atoms with Crippen LogP contribution in [0.1, 0.15) is 18.3 Å². The second-order valence-corrected chi connectivity index (χ2v) is 6.33. The lowest BCUT2D eigenvalue weighted by molar-refractivity contribution is 0.304. The maximum Gasteiger partial charge on any atom is 0.203 e. The van der Waals surface area contributed by atoms with Crippen molar-refractivity contribution in [2.45, 2.75) is 13.8 Å². The summed E-state index contributed by atoms with van der Waals surface area (Å²) in [5.74, 6) is 0. The van der Waals surface area contributed by atoms with Crippen LogP contribution in [0.25, 0.3) is 11.3 Å². The summed E-state index contributed by atoms with van der Waals surface area (Å²) in [6.45, 7) is 3.66. The van der Waals surface area contributed by atoms with Crippen LogP contribution in [0.15, 0.2) is 43.8 Å². The normalized spacial score (nSPS) is 11.7. The van der Waals surface area contributed by atoms with Crippen molar-refractivity contribution in [3.8, 4) is 11.3 Å². The fraction of sp³-hybridized carbons (Fsp3) is 0.143. The number of thiazole rings is 1. The van der Waals surface area contributed by atoms with Gasteiger partial charge in [0.1, 0.15) is 5.69 Å². The molecule has 22 heavy (non-hydrogen) atoms. The molecule has 112 valence electrons. The van der Waals surface area contributed by atoms with Crippen LogP contribution >= 0.6 is 27.3 Å². The van der Waals surface area contributed by atoms with Crippen molar-refractivity contribution < 1.29 is 4.63 Å². The van der Waals surface area contributed by atoms with Gasteiger partial charge >= 0.3 is 0 Å². The second-order valence-electron chi connectivity index (χ2n) is 4.55. The topological polar surface area (TPSA) is 76.2 Å². The van der Waals surface area contributed by atoms with E-state index in [9.17, 15) is 0 Å². The maximum absolute atomic E-state index is 4.66. The number of aryl methyl sites for hydroxylation is 1. The van der Waals surface area contributed by atoms with Gasteiger partial charge in [-0.25, -0.2) is 9.61 Å². The van der Waals surface area contributed by atoms with Crippen LogP contribution in [0.2, 0.25) is 0 Å². The van der Waals surface area contributed by atoms with Gasteiger partial charge in [0.15, 0.2) is 5.69 Å². The summed E-state index contributed by atoms with van der Waals surface area (Å²) in [5, 5.41) is 14.5. The van der Waals surface area contributed by atoms with E-state index in [2.05, 4.69) is 46.4 Å². The van der Waals surface area contributed by atoms with Crippen molar-refractivity contribution in [2.24, 2.45) is 5.10 Å². The zero-order valence-corrected chi connectivity index (χ0v) is 14.3. The van der Waals surface area contributed by atoms with Gasteiger partial charge in [-0.05, 0) is 31.1 Å². The van der Waals surface area contributed by atoms with E-state index in [1.807, 2.05) is 43.5 Å². The maximum atomic E-state index is 4.66. The molecule has 0 spiro atoms. The molecule has 0 saturated carbocycles. The second kappa shape index (κ2) is 6.37. The first kappa shape index (κ1) is 14.9. The van der Waals surface area contributed by atoms with Crippen LogP contribution in [-0.4, -0.2) is 21.0 Å². The molecule has 3 aromatic rings. The Bertz CT molecular complexity index is 809. The molecule has 6 nitrogen and oxygen atoms in total. The molecule has 8 heteroatoms. The smallest absolute Gasteiger partial charge is 0.203 e. The highest BCUT2D eigenvalue weighted by Crippen LogP contribution is 2.26. The van der Waals surface area contributed by atoms with E-state index in [0.29, 0.717) is 22.2 Å². The van der Waals surface area contributed by atoms with Gasteiger partial charge < -0.3 is 0 Å². The first-order valence-electron chi connectivity index (χ1n) is 6.45. The van der Waals surface area contributed by atoms with E-state index in [0.717, 1.165) is 15.7 Å². The third-order valence-electron chi connectivity index (χ3n) is 2.96. The molecule has 0 radical (unpaired) electrons. The predicted octanol–water partition coefficient (Wildman–Crippen LogP) is 4.10. The van der Waals surface area contributed by atoms with E-state index in [1.165, 1.54) is 11.3 Å². The Balaban J connectivity index is 1.75. The lowest BCUT2D eigenvalue weighted by Gasteiger charge is -1.98. The molecule has 0 fully saturated rings. The minimum Gasteiger partial charge on any atom is -0.252 e. The predicted molar refractivity (Wildman–Crippen MR) is 90.1 cm³/mol. The fourth-order valence-electron chi connectivity index (χ4n) is 1.82. The molecule has 1 aromatic carbocycles. The van der Waals surface area contributed by atoms with Crippen LogP contribution in [0.4, 0.5) is 5.13 Å². The van der Waals surface area contributed by atoms with E-state index in [-0.39, 0.29) is 0 Å². The average Bonchev–Trinajstić information content (AvgIpc) is 3.14. The van der Waals surface area contributed by atoms with Gasteiger partial charge in [-0.2, -0.15) is 5.10 Å². The van der Waals surface area contributed by atoms with Crippen molar-refractivity contribution in [1.29, 1.82) is 0 Å². The van der Waals surface area contributed by atoms with Gasteiger partial charge in [0.2, 0.25) is 5.13 Å². The highest BCUT2D eigenvalue weighted by Gasteiger charge is 2.09. The van der Waals surface area contributed by atoms with Gasteiger partial charge in [-0.3, -0.25) is 5.43 Å². The number of hydrogen-bond acceptors (Lipinski definition) is 7. The first-order chi connectivity index (χ1) is 10.6. The number of hydrazone groups is 1. The summed E-state index contributed by atoms with van der Waals surface area (Å²) in [6.07, 6.45) is 0. The highest BCUT2D eigenvalue weighted by atomic mass is 79.9. The summed E-state index contributed by atoms with van der Waals surface area (Å²) >= 11 is 4.91. The van der Waals surface area contributed by atoms with Crippen molar-refractivity contribution in [2.75, 3.05) is 5.43 Å². The third kappa shape index (κ3) is 3.23. The van der Waals surface area contributed by atoms with Crippen LogP contribution in [-0.2, 0) is 0 Å². The zero-order chi connectivity index (χ0) is 15.5. The Hall–Kier alpha value is -2.06. The lowest BCUT2D eigenvalue weighted by atomic mass is 10.2. The quantitative estimate of drug-likeness (QED) is 0.546. The number of hydrogen-bond donors (Lipinski definition) is 1. The molecular weight excluding hydrogens is 366 g/mol. The van der Waals surface area contributed by atoms with E-state index < -0.39 is 0 Å². The van der Waals surface area contributed by atoms with Crippen LogP contribution in [0.5, 0.6) is 0 Å². The van der Waals surface area contributed by atoms with E-state index >= 15 is 0 Å². The number of anilines is 1. The Morgan fingerprint density at radius 3 is 2.73 bits per heavy atom. The highest BCUT2D eigenvalue weighted by molar-refractivity contribution is 9.10. The molecule has 2 aromatic heterocycles. The van der Waals surface area contributed by atoms with Gasteiger partial charge in [-0.1, -0.05) is 33.2 Å². The molecular formula is C14H12BrN5OS. The lowest BCUT2D eigenvalue weighted by Crippen LogP contribution is -2.01. The van der Waals surface area contributed by atoms with Crippen LogP contribution in [0.3, 0.4) is 0 Å². The molecule has 0 aliphatic carbocycles. The number of aromatic nitrogens is 3. The summed E-state index contributed by atoms with van der Waals surface area (Å²) < 4.78 is 5.71. The Labute approximate surface area is 139 Å². The van der Waals surface area contributed by atoms with Crippen molar-refractivity contribution in [3.05, 3.63) is 45.5 Å². The average molecular weight is 378 g/mol. The summed E-state index contributed by atoms with van der Waals surface area (Å²) in [4.78, 5) is 4.51. The summed E-state index contributed by atoms with van der Waals surface area (Å²) in [6, 6.07) is 8.01. The summed E-state index contributed by atoms with van der Waals surface area (Å²) in [5.41, 5.74) is 6.94. The van der Waals surface area contributed by atoms with Crippen molar-refractivity contribution in [3.63, 3.8) is 0 Å². The Morgan fingerprint density at radius 1 is 1.27 bits per heavy atom. The first-order valence-corrected chi connectivity index (χ1v) is 8.12. The van der Waals surface area contributed by atoms with E-state index in [1.54, 1.807) is 0 Å².